The van der Waals surface area contributed by atoms with Crippen molar-refractivity contribution in [2.75, 3.05) is 0 Å². The molecule has 0 amide bonds. The van der Waals surface area contributed by atoms with Crippen LogP contribution in [-0.2, 0) is 6.61 Å². The van der Waals surface area contributed by atoms with E-state index < -0.39 is 0 Å². The largest absolute Gasteiger partial charge is 0.488 e. The average Bonchev–Trinajstić information content (AvgIpc) is 3.00. The van der Waals surface area contributed by atoms with Gasteiger partial charge in [0.15, 0.2) is 5.76 Å². The summed E-state index contributed by atoms with van der Waals surface area (Å²) in [5.74, 6) is 1.40. The van der Waals surface area contributed by atoms with Gasteiger partial charge in [0.2, 0.25) is 5.78 Å². The Hall–Kier alpha value is -2.56. The Balaban J connectivity index is 1.59. The number of ketones is 1. The van der Waals surface area contributed by atoms with Crippen molar-refractivity contribution in [2.45, 2.75) is 13.5 Å². The van der Waals surface area contributed by atoms with Gasteiger partial charge < -0.3 is 9.47 Å². The van der Waals surface area contributed by atoms with E-state index in [1.54, 1.807) is 18.2 Å². The second-order valence-corrected chi connectivity index (χ2v) is 7.74. The predicted molar refractivity (Wildman–Crippen MR) is 114 cm³/mol. The smallest absolute Gasteiger partial charge is 0.231 e. The van der Waals surface area contributed by atoms with Gasteiger partial charge in [-0.25, -0.2) is 0 Å². The molecule has 0 bridgehead atoms. The molecule has 0 radical (unpaired) electrons. The fourth-order valence-electron chi connectivity index (χ4n) is 3.05. The summed E-state index contributed by atoms with van der Waals surface area (Å²) in [6.07, 6.45) is 1.75. The highest BCUT2D eigenvalue weighted by Crippen LogP contribution is 2.39. The highest BCUT2D eigenvalue weighted by molar-refractivity contribution is 9.10. The molecule has 0 spiro atoms. The molecule has 140 valence electrons. The van der Waals surface area contributed by atoms with Crippen molar-refractivity contribution in [1.82, 2.24) is 0 Å². The third kappa shape index (κ3) is 3.71. The molecule has 0 fully saturated rings. The average molecular weight is 456 g/mol. The van der Waals surface area contributed by atoms with Crippen LogP contribution >= 0.6 is 27.5 Å². The summed E-state index contributed by atoms with van der Waals surface area (Å²) in [6, 6.07) is 18.8. The number of carbonyl (C=O) groups is 1. The summed E-state index contributed by atoms with van der Waals surface area (Å²) >= 11 is 9.51. The van der Waals surface area contributed by atoms with Gasteiger partial charge in [-0.15, -0.1) is 0 Å². The molecule has 0 saturated heterocycles. The van der Waals surface area contributed by atoms with Crippen LogP contribution in [0.25, 0.3) is 6.08 Å². The topological polar surface area (TPSA) is 35.5 Å². The van der Waals surface area contributed by atoms with Gasteiger partial charge in [0.25, 0.3) is 0 Å². The van der Waals surface area contributed by atoms with Crippen LogP contribution < -0.4 is 9.47 Å². The zero-order valence-electron chi connectivity index (χ0n) is 15.0. The number of halogens is 2. The first-order valence-electron chi connectivity index (χ1n) is 8.72. The number of allylic oxidation sites excluding steroid dienone is 1. The molecule has 0 aliphatic carbocycles. The Morgan fingerprint density at radius 2 is 1.93 bits per heavy atom. The third-order valence-electron chi connectivity index (χ3n) is 4.51. The molecule has 0 unspecified atom stereocenters. The van der Waals surface area contributed by atoms with Crippen LogP contribution in [0.4, 0.5) is 0 Å². The molecule has 0 aromatic heterocycles. The van der Waals surface area contributed by atoms with E-state index in [9.17, 15) is 4.79 Å². The summed E-state index contributed by atoms with van der Waals surface area (Å²) in [5.41, 5.74) is 3.20. The quantitative estimate of drug-likeness (QED) is 0.415. The van der Waals surface area contributed by atoms with Gasteiger partial charge in [-0.3, -0.25) is 4.79 Å². The maximum absolute atomic E-state index is 12.7. The monoisotopic (exact) mass is 454 g/mol. The molecule has 28 heavy (non-hydrogen) atoms. The number of fused-ring (bicyclic) bond motifs is 1. The summed E-state index contributed by atoms with van der Waals surface area (Å²) in [7, 11) is 0. The highest BCUT2D eigenvalue weighted by Gasteiger charge is 2.30. The van der Waals surface area contributed by atoms with Gasteiger partial charge in [0.1, 0.15) is 18.1 Å². The van der Waals surface area contributed by atoms with Crippen molar-refractivity contribution in [3.05, 3.63) is 98.2 Å². The highest BCUT2D eigenvalue weighted by atomic mass is 79.9. The number of benzene rings is 3. The Bertz CT molecular complexity index is 1100. The second kappa shape index (κ2) is 7.82. The normalized spacial score (nSPS) is 14.1. The lowest BCUT2D eigenvalue weighted by atomic mass is 10.1. The van der Waals surface area contributed by atoms with Crippen molar-refractivity contribution in [3.8, 4) is 11.5 Å². The molecule has 1 aliphatic heterocycles. The Morgan fingerprint density at radius 3 is 2.71 bits per heavy atom. The summed E-state index contributed by atoms with van der Waals surface area (Å²) in [4.78, 5) is 12.7. The fourth-order valence-corrected chi connectivity index (χ4v) is 3.66. The van der Waals surface area contributed by atoms with Crippen molar-refractivity contribution < 1.29 is 14.3 Å². The predicted octanol–water partition coefficient (Wildman–Crippen LogP) is 6.61. The Morgan fingerprint density at radius 1 is 1.11 bits per heavy atom. The molecule has 4 rings (SSSR count). The van der Waals surface area contributed by atoms with E-state index in [0.717, 1.165) is 21.2 Å². The number of ether oxygens (including phenoxy) is 2. The van der Waals surface area contributed by atoms with Crippen LogP contribution in [0.15, 0.2) is 70.9 Å². The molecule has 0 saturated carbocycles. The minimum atomic E-state index is -0.129. The molecular weight excluding hydrogens is 440 g/mol. The molecule has 3 nitrogen and oxygen atoms in total. The first kappa shape index (κ1) is 18.8. The van der Waals surface area contributed by atoms with Gasteiger partial charge in [0, 0.05) is 15.1 Å². The minimum Gasteiger partial charge on any atom is -0.488 e. The van der Waals surface area contributed by atoms with Crippen LogP contribution in [0.3, 0.4) is 0 Å². The molecule has 1 aliphatic rings. The fraction of sp³-hybridized carbons (Fsp3) is 0.0870. The van der Waals surface area contributed by atoms with E-state index in [0.29, 0.717) is 34.5 Å². The number of hydrogen-bond donors (Lipinski definition) is 0. The minimum absolute atomic E-state index is 0.129. The maximum Gasteiger partial charge on any atom is 0.231 e. The van der Waals surface area contributed by atoms with Crippen LogP contribution in [-0.4, -0.2) is 5.78 Å². The standard InChI is InChI=1S/C23H16BrClO3/c1-14-20(27-13-15-5-4-7-17(25)11-15)10-9-18-22(26)21(28-23(14)18)12-16-6-2-3-8-19(16)24/h2-12H,13H2,1H3/b21-12-. The molecule has 3 aromatic carbocycles. The van der Waals surface area contributed by atoms with E-state index in [1.165, 1.54) is 0 Å². The molecule has 1 heterocycles. The Labute approximate surface area is 176 Å². The number of rotatable bonds is 4. The van der Waals surface area contributed by atoms with Crippen LogP contribution in [0, 0.1) is 6.92 Å². The Kier molecular flexibility index (Phi) is 5.25. The SMILES string of the molecule is Cc1c(OCc2cccc(Cl)c2)ccc2c1O/C(=C\c1ccccc1Br)C2=O. The zero-order valence-corrected chi connectivity index (χ0v) is 17.4. The summed E-state index contributed by atoms with van der Waals surface area (Å²) in [5, 5.41) is 0.669. The molecule has 0 N–H and O–H groups in total. The number of carbonyl (C=O) groups excluding carboxylic acids is 1. The first-order chi connectivity index (χ1) is 13.5. The van der Waals surface area contributed by atoms with Crippen molar-refractivity contribution in [3.63, 3.8) is 0 Å². The van der Waals surface area contributed by atoms with Crippen LogP contribution in [0.2, 0.25) is 5.02 Å². The lowest BCUT2D eigenvalue weighted by Crippen LogP contribution is -1.98. The summed E-state index contributed by atoms with van der Waals surface area (Å²) in [6.45, 7) is 2.27. The molecule has 3 aromatic rings. The lowest BCUT2D eigenvalue weighted by Gasteiger charge is -2.11. The van der Waals surface area contributed by atoms with Crippen molar-refractivity contribution in [1.29, 1.82) is 0 Å². The van der Waals surface area contributed by atoms with Crippen LogP contribution in [0.1, 0.15) is 27.0 Å². The third-order valence-corrected chi connectivity index (χ3v) is 5.47. The van der Waals surface area contributed by atoms with Crippen LogP contribution in [0.5, 0.6) is 11.5 Å². The van der Waals surface area contributed by atoms with Gasteiger partial charge >= 0.3 is 0 Å². The van der Waals surface area contributed by atoms with Gasteiger partial charge in [0.05, 0.1) is 5.56 Å². The summed E-state index contributed by atoms with van der Waals surface area (Å²) < 4.78 is 12.7. The molecule has 0 atom stereocenters. The zero-order chi connectivity index (χ0) is 19.7. The van der Waals surface area contributed by atoms with E-state index in [1.807, 2.05) is 55.5 Å². The molecule has 5 heteroatoms. The number of hydrogen-bond acceptors (Lipinski definition) is 3. The van der Waals surface area contributed by atoms with E-state index in [-0.39, 0.29) is 5.78 Å². The van der Waals surface area contributed by atoms with Gasteiger partial charge in [-0.2, -0.15) is 0 Å². The lowest BCUT2D eigenvalue weighted by molar-refractivity contribution is 0.101. The van der Waals surface area contributed by atoms with E-state index in [4.69, 9.17) is 21.1 Å². The maximum atomic E-state index is 12.7. The molecular formula is C23H16BrClO3. The van der Waals surface area contributed by atoms with E-state index in [2.05, 4.69) is 15.9 Å². The van der Waals surface area contributed by atoms with Gasteiger partial charge in [-0.1, -0.05) is 57.9 Å². The van der Waals surface area contributed by atoms with Crippen molar-refractivity contribution in [2.24, 2.45) is 0 Å². The van der Waals surface area contributed by atoms with Crippen molar-refractivity contribution >= 4 is 39.4 Å². The second-order valence-electron chi connectivity index (χ2n) is 6.45. The number of Topliss-reactive ketones (excluding diaryl/α,β-unsaturated/α-hetero) is 1. The first-order valence-corrected chi connectivity index (χ1v) is 9.89. The van der Waals surface area contributed by atoms with E-state index >= 15 is 0 Å². The van der Waals surface area contributed by atoms with Gasteiger partial charge in [-0.05, 0) is 54.5 Å².